The fraction of sp³-hybridized carbons (Fsp3) is 0.364. The molecule has 1 aromatic rings. The molecule has 0 bridgehead atoms. The van der Waals surface area contributed by atoms with Crippen LogP contribution in [0.3, 0.4) is 0 Å². The van der Waals surface area contributed by atoms with Gasteiger partial charge >= 0.3 is 6.18 Å². The molecule has 0 unspecified atom stereocenters. The van der Waals surface area contributed by atoms with Crippen LogP contribution in [0.2, 0.25) is 0 Å². The zero-order chi connectivity index (χ0) is 13.9. The Morgan fingerprint density at radius 2 is 1.89 bits per heavy atom. The second kappa shape index (κ2) is 5.32. The summed E-state index contributed by atoms with van der Waals surface area (Å²) in [4.78, 5) is 12.3. The summed E-state index contributed by atoms with van der Waals surface area (Å²) in [5.74, 6) is -3.57. The van der Waals surface area contributed by atoms with E-state index in [2.05, 4.69) is 0 Å². The van der Waals surface area contributed by atoms with Crippen LogP contribution in [0.5, 0.6) is 0 Å². The van der Waals surface area contributed by atoms with Crippen molar-refractivity contribution < 1.29 is 26.7 Å². The second-order valence-electron chi connectivity index (χ2n) is 3.69. The average Bonchev–Trinajstić information content (AvgIpc) is 2.28. The molecule has 2 nitrogen and oxygen atoms in total. The zero-order valence-corrected chi connectivity index (χ0v) is 9.39. The molecule has 7 heteroatoms. The van der Waals surface area contributed by atoms with E-state index in [4.69, 9.17) is 0 Å². The van der Waals surface area contributed by atoms with E-state index in [0.29, 0.717) is 4.90 Å². The first-order valence-corrected chi connectivity index (χ1v) is 4.98. The van der Waals surface area contributed by atoms with Crippen molar-refractivity contribution in [2.75, 3.05) is 13.6 Å². The van der Waals surface area contributed by atoms with Gasteiger partial charge in [-0.15, -0.1) is 0 Å². The van der Waals surface area contributed by atoms with E-state index in [1.165, 1.54) is 0 Å². The van der Waals surface area contributed by atoms with E-state index >= 15 is 0 Å². The number of hydrogen-bond donors (Lipinski definition) is 0. The van der Waals surface area contributed by atoms with Gasteiger partial charge in [-0.3, -0.25) is 4.79 Å². The predicted octanol–water partition coefficient (Wildman–Crippen LogP) is 2.99. The van der Waals surface area contributed by atoms with Crippen molar-refractivity contribution >= 4 is 5.91 Å². The molecule has 0 fully saturated rings. The molecule has 0 saturated carbocycles. The summed E-state index contributed by atoms with van der Waals surface area (Å²) >= 11 is 0. The van der Waals surface area contributed by atoms with Gasteiger partial charge in [-0.25, -0.2) is 8.78 Å². The highest BCUT2D eigenvalue weighted by Crippen LogP contribution is 2.20. The van der Waals surface area contributed by atoms with Crippen molar-refractivity contribution in [1.82, 2.24) is 4.90 Å². The van der Waals surface area contributed by atoms with E-state index in [1.54, 1.807) is 0 Å². The summed E-state index contributed by atoms with van der Waals surface area (Å²) < 4.78 is 62.0. The summed E-state index contributed by atoms with van der Waals surface area (Å²) in [5, 5.41) is 0. The molecule has 0 atom stereocenters. The molecule has 18 heavy (non-hydrogen) atoms. The summed E-state index contributed by atoms with van der Waals surface area (Å²) in [6, 6.07) is 2.95. The molecule has 1 rings (SSSR count). The van der Waals surface area contributed by atoms with E-state index < -0.39 is 42.2 Å². The Hall–Kier alpha value is -1.66. The minimum Gasteiger partial charge on any atom is -0.341 e. The van der Waals surface area contributed by atoms with Crippen LogP contribution in [0.25, 0.3) is 0 Å². The summed E-state index contributed by atoms with van der Waals surface area (Å²) in [7, 11) is 1.10. The number of hydrogen-bond acceptors (Lipinski definition) is 1. The van der Waals surface area contributed by atoms with Crippen molar-refractivity contribution in [3.63, 3.8) is 0 Å². The lowest BCUT2D eigenvalue weighted by molar-refractivity contribution is -0.136. The molecule has 0 saturated heterocycles. The Labute approximate surface area is 100 Å². The lowest BCUT2D eigenvalue weighted by Crippen LogP contribution is -2.31. The molecule has 0 aliphatic heterocycles. The van der Waals surface area contributed by atoms with Gasteiger partial charge in [0.05, 0.1) is 12.0 Å². The molecular formula is C11H10F5NO. The largest absolute Gasteiger partial charge is 0.390 e. The van der Waals surface area contributed by atoms with Crippen LogP contribution in [0.1, 0.15) is 16.8 Å². The highest BCUT2D eigenvalue weighted by atomic mass is 19.4. The quantitative estimate of drug-likeness (QED) is 0.771. The number of rotatable bonds is 3. The van der Waals surface area contributed by atoms with Gasteiger partial charge in [0.25, 0.3) is 5.91 Å². The number of benzene rings is 1. The lowest BCUT2D eigenvalue weighted by Gasteiger charge is -2.18. The topological polar surface area (TPSA) is 20.3 Å². The van der Waals surface area contributed by atoms with Crippen molar-refractivity contribution in [2.45, 2.75) is 12.6 Å². The maximum atomic E-state index is 13.2. The molecule has 0 N–H and O–H groups in total. The molecule has 0 heterocycles. The molecular weight excluding hydrogens is 257 g/mol. The number of amides is 1. The Morgan fingerprint density at radius 3 is 2.44 bits per heavy atom. The van der Waals surface area contributed by atoms with Crippen LogP contribution in [-0.2, 0) is 0 Å². The van der Waals surface area contributed by atoms with Crippen molar-refractivity contribution in [3.05, 3.63) is 35.4 Å². The van der Waals surface area contributed by atoms with Gasteiger partial charge in [0.2, 0.25) is 0 Å². The van der Waals surface area contributed by atoms with Gasteiger partial charge in [0, 0.05) is 13.6 Å². The van der Waals surface area contributed by atoms with Crippen LogP contribution in [-0.4, -0.2) is 30.6 Å². The first kappa shape index (κ1) is 14.4. The Morgan fingerprint density at radius 1 is 1.28 bits per heavy atom. The summed E-state index contributed by atoms with van der Waals surface area (Å²) in [6.45, 7) is -0.613. The maximum Gasteiger partial charge on any atom is 0.390 e. The van der Waals surface area contributed by atoms with E-state index in [1.807, 2.05) is 0 Å². The fourth-order valence-electron chi connectivity index (χ4n) is 1.27. The molecule has 0 aromatic heterocycles. The maximum absolute atomic E-state index is 13.2. The molecule has 0 radical (unpaired) electrons. The Kier molecular flexibility index (Phi) is 4.26. The number of carbonyl (C=O) groups excluding carboxylic acids is 1. The Balaban J connectivity index is 2.78. The fourth-order valence-corrected chi connectivity index (χ4v) is 1.27. The van der Waals surface area contributed by atoms with Gasteiger partial charge in [-0.05, 0) is 12.1 Å². The molecule has 0 aliphatic carbocycles. The second-order valence-corrected chi connectivity index (χ2v) is 3.69. The van der Waals surface area contributed by atoms with Crippen LogP contribution in [0.15, 0.2) is 18.2 Å². The monoisotopic (exact) mass is 267 g/mol. The highest BCUT2D eigenvalue weighted by molar-refractivity contribution is 5.94. The van der Waals surface area contributed by atoms with Crippen molar-refractivity contribution in [3.8, 4) is 0 Å². The number of halogens is 5. The van der Waals surface area contributed by atoms with Gasteiger partial charge in [0.15, 0.2) is 11.6 Å². The van der Waals surface area contributed by atoms with Gasteiger partial charge in [-0.1, -0.05) is 6.07 Å². The predicted molar refractivity (Wildman–Crippen MR) is 54.0 cm³/mol. The van der Waals surface area contributed by atoms with Crippen molar-refractivity contribution in [2.24, 2.45) is 0 Å². The molecule has 0 aliphatic rings. The number of carbonyl (C=O) groups is 1. The Bertz CT molecular complexity index is 444. The summed E-state index contributed by atoms with van der Waals surface area (Å²) in [5.41, 5.74) is -0.584. The molecule has 1 amide bonds. The third kappa shape index (κ3) is 3.68. The molecule has 100 valence electrons. The SMILES string of the molecule is CN(CCC(F)(F)F)C(=O)c1cccc(F)c1F. The average molecular weight is 267 g/mol. The van der Waals surface area contributed by atoms with E-state index in [9.17, 15) is 26.7 Å². The molecule has 0 spiro atoms. The van der Waals surface area contributed by atoms with Crippen molar-refractivity contribution in [1.29, 1.82) is 0 Å². The smallest absolute Gasteiger partial charge is 0.341 e. The lowest BCUT2D eigenvalue weighted by atomic mass is 10.2. The normalized spacial score (nSPS) is 11.4. The van der Waals surface area contributed by atoms with Gasteiger partial charge in [0.1, 0.15) is 0 Å². The first-order chi connectivity index (χ1) is 8.22. The van der Waals surface area contributed by atoms with Crippen LogP contribution >= 0.6 is 0 Å². The van der Waals surface area contributed by atoms with Crippen LogP contribution in [0.4, 0.5) is 22.0 Å². The minimum absolute atomic E-state index is 0.584. The zero-order valence-electron chi connectivity index (χ0n) is 9.39. The third-order valence-electron chi connectivity index (χ3n) is 2.26. The minimum atomic E-state index is -4.41. The van der Waals surface area contributed by atoms with Crippen LogP contribution in [0, 0.1) is 11.6 Å². The number of nitrogens with zero attached hydrogens (tertiary/aromatic N) is 1. The first-order valence-electron chi connectivity index (χ1n) is 4.98. The van der Waals surface area contributed by atoms with Crippen LogP contribution < -0.4 is 0 Å². The van der Waals surface area contributed by atoms with E-state index in [0.717, 1.165) is 25.2 Å². The standard InChI is InChI=1S/C11H10F5NO/c1-17(6-5-11(14,15)16)10(18)7-3-2-4-8(12)9(7)13/h2-4H,5-6H2,1H3. The highest BCUT2D eigenvalue weighted by Gasteiger charge is 2.28. The van der Waals surface area contributed by atoms with E-state index in [-0.39, 0.29) is 0 Å². The van der Waals surface area contributed by atoms with Gasteiger partial charge in [-0.2, -0.15) is 13.2 Å². The summed E-state index contributed by atoms with van der Waals surface area (Å²) in [6.07, 6.45) is -5.61. The van der Waals surface area contributed by atoms with Gasteiger partial charge < -0.3 is 4.90 Å². The molecule has 1 aromatic carbocycles. The third-order valence-corrected chi connectivity index (χ3v) is 2.26. The number of alkyl halides is 3.